The summed E-state index contributed by atoms with van der Waals surface area (Å²) < 4.78 is 35.8. The topological polar surface area (TPSA) is 17.1 Å². The van der Waals surface area contributed by atoms with Crippen molar-refractivity contribution in [1.29, 1.82) is 0 Å². The average molecular weight is 306 g/mol. The fraction of sp³-hybridized carbons (Fsp3) is 0.824. The van der Waals surface area contributed by atoms with Gasteiger partial charge in [-0.05, 0) is 32.1 Å². The van der Waals surface area contributed by atoms with Crippen LogP contribution in [0.3, 0.4) is 0 Å². The van der Waals surface area contributed by atoms with Gasteiger partial charge >= 0.3 is 6.18 Å². The van der Waals surface area contributed by atoms with E-state index in [1.165, 1.54) is 25.7 Å². The van der Waals surface area contributed by atoms with E-state index in [1.807, 2.05) is 0 Å². The second-order valence-corrected chi connectivity index (χ2v) is 5.55. The van der Waals surface area contributed by atoms with Crippen LogP contribution in [0.4, 0.5) is 13.2 Å². The molecule has 0 aliphatic carbocycles. The quantitative estimate of drug-likeness (QED) is 0.285. The van der Waals surface area contributed by atoms with Gasteiger partial charge < -0.3 is 0 Å². The molecule has 0 aromatic carbocycles. The van der Waals surface area contributed by atoms with Crippen LogP contribution in [0.15, 0.2) is 12.2 Å². The fourth-order valence-corrected chi connectivity index (χ4v) is 2.14. The van der Waals surface area contributed by atoms with Crippen LogP contribution in [0.25, 0.3) is 0 Å². The summed E-state index contributed by atoms with van der Waals surface area (Å²) in [5.74, 6) is -1.59. The number of unbranched alkanes of at least 4 members (excludes halogenated alkanes) is 9. The molecular weight excluding hydrogens is 277 g/mol. The Morgan fingerprint density at radius 1 is 0.810 bits per heavy atom. The molecule has 0 aromatic rings. The number of allylic oxidation sites excluding steroid dienone is 2. The molecule has 21 heavy (non-hydrogen) atoms. The number of Topliss-reactive ketones (excluding diaryl/α,β-unsaturated/α-hetero) is 1. The Hall–Kier alpha value is -0.800. The van der Waals surface area contributed by atoms with Crippen molar-refractivity contribution in [1.82, 2.24) is 0 Å². The van der Waals surface area contributed by atoms with Crippen LogP contribution in [-0.2, 0) is 4.79 Å². The van der Waals surface area contributed by atoms with Gasteiger partial charge in [-0.3, -0.25) is 4.79 Å². The van der Waals surface area contributed by atoms with Crippen molar-refractivity contribution in [3.8, 4) is 0 Å². The van der Waals surface area contributed by atoms with Crippen molar-refractivity contribution in [3.63, 3.8) is 0 Å². The van der Waals surface area contributed by atoms with E-state index in [4.69, 9.17) is 0 Å². The minimum Gasteiger partial charge on any atom is -0.290 e. The van der Waals surface area contributed by atoms with Crippen LogP contribution < -0.4 is 0 Å². The molecule has 0 rings (SSSR count). The minimum atomic E-state index is -4.65. The lowest BCUT2D eigenvalue weighted by atomic mass is 10.1. The van der Waals surface area contributed by atoms with Gasteiger partial charge in [0.1, 0.15) is 0 Å². The van der Waals surface area contributed by atoms with Gasteiger partial charge in [-0.25, -0.2) is 0 Å². The Labute approximate surface area is 127 Å². The second kappa shape index (κ2) is 12.9. The van der Waals surface area contributed by atoms with E-state index in [-0.39, 0.29) is 6.42 Å². The van der Waals surface area contributed by atoms with Gasteiger partial charge in [0.2, 0.25) is 5.78 Å². The third kappa shape index (κ3) is 13.9. The van der Waals surface area contributed by atoms with E-state index in [0.717, 1.165) is 32.1 Å². The highest BCUT2D eigenvalue weighted by molar-refractivity contribution is 5.83. The van der Waals surface area contributed by atoms with Gasteiger partial charge in [-0.15, -0.1) is 0 Å². The van der Waals surface area contributed by atoms with Crippen LogP contribution in [0.2, 0.25) is 0 Å². The number of halogens is 3. The second-order valence-electron chi connectivity index (χ2n) is 5.55. The van der Waals surface area contributed by atoms with Gasteiger partial charge in [0.05, 0.1) is 0 Å². The molecule has 0 saturated carbocycles. The summed E-state index contributed by atoms with van der Waals surface area (Å²) >= 11 is 0. The Morgan fingerprint density at radius 3 is 1.81 bits per heavy atom. The standard InChI is InChI=1S/C17H29F3O/c1-2-3-4-5-6-7-8-9-10-11-12-13-14-15-16(21)17(18,19)20/h7-8H,2-6,9-15H2,1H3/b8-7-. The molecule has 0 bridgehead atoms. The van der Waals surface area contributed by atoms with Gasteiger partial charge in [0.15, 0.2) is 0 Å². The fourth-order valence-electron chi connectivity index (χ4n) is 2.14. The molecular formula is C17H29F3O. The number of carbonyl (C=O) groups is 1. The number of rotatable bonds is 13. The molecule has 0 aromatic heterocycles. The highest BCUT2D eigenvalue weighted by Crippen LogP contribution is 2.19. The zero-order valence-electron chi connectivity index (χ0n) is 13.2. The largest absolute Gasteiger partial charge is 0.449 e. The van der Waals surface area contributed by atoms with Crippen molar-refractivity contribution >= 4 is 5.78 Å². The number of hydrogen-bond acceptors (Lipinski definition) is 1. The average Bonchev–Trinajstić information content (AvgIpc) is 2.42. The van der Waals surface area contributed by atoms with Crippen LogP contribution in [0.5, 0.6) is 0 Å². The molecule has 124 valence electrons. The molecule has 0 atom stereocenters. The summed E-state index contributed by atoms with van der Waals surface area (Å²) in [6.45, 7) is 2.20. The normalized spacial score (nSPS) is 12.2. The van der Waals surface area contributed by atoms with E-state index in [9.17, 15) is 18.0 Å². The van der Waals surface area contributed by atoms with Crippen LogP contribution in [0.1, 0.15) is 84.0 Å². The third-order valence-corrected chi connectivity index (χ3v) is 3.48. The molecule has 0 heterocycles. The summed E-state index contributed by atoms with van der Waals surface area (Å²) in [7, 11) is 0. The lowest BCUT2D eigenvalue weighted by Gasteiger charge is -2.04. The summed E-state index contributed by atoms with van der Waals surface area (Å²) in [5.41, 5.74) is 0. The van der Waals surface area contributed by atoms with Crippen LogP contribution in [0, 0.1) is 0 Å². The predicted octanol–water partition coefficient (Wildman–Crippen LogP) is 6.38. The summed E-state index contributed by atoms with van der Waals surface area (Å²) in [4.78, 5) is 10.6. The first-order valence-corrected chi connectivity index (χ1v) is 8.23. The lowest BCUT2D eigenvalue weighted by Crippen LogP contribution is -2.22. The molecule has 0 N–H and O–H groups in total. The maximum atomic E-state index is 11.9. The smallest absolute Gasteiger partial charge is 0.290 e. The van der Waals surface area contributed by atoms with Gasteiger partial charge in [-0.2, -0.15) is 13.2 Å². The number of alkyl halides is 3. The van der Waals surface area contributed by atoms with Gasteiger partial charge in [0.25, 0.3) is 0 Å². The molecule has 0 radical (unpaired) electrons. The molecule has 0 aliphatic rings. The van der Waals surface area contributed by atoms with E-state index < -0.39 is 12.0 Å². The van der Waals surface area contributed by atoms with E-state index in [2.05, 4.69) is 19.1 Å². The van der Waals surface area contributed by atoms with Gasteiger partial charge in [0, 0.05) is 6.42 Å². The van der Waals surface area contributed by atoms with Crippen molar-refractivity contribution in [2.75, 3.05) is 0 Å². The lowest BCUT2D eigenvalue weighted by molar-refractivity contribution is -0.171. The number of ketones is 1. The molecule has 0 saturated heterocycles. The van der Waals surface area contributed by atoms with Crippen molar-refractivity contribution in [2.24, 2.45) is 0 Å². The minimum absolute atomic E-state index is 0.353. The van der Waals surface area contributed by atoms with Crippen molar-refractivity contribution in [3.05, 3.63) is 12.2 Å². The molecule has 0 spiro atoms. The third-order valence-electron chi connectivity index (χ3n) is 3.48. The highest BCUT2D eigenvalue weighted by Gasteiger charge is 2.36. The maximum absolute atomic E-state index is 11.9. The Kier molecular flexibility index (Phi) is 12.4. The first kappa shape index (κ1) is 20.2. The Morgan fingerprint density at radius 2 is 1.29 bits per heavy atom. The SMILES string of the molecule is CCCCCC/C=C\CCCCCCCC(=O)C(F)(F)F. The van der Waals surface area contributed by atoms with Gasteiger partial charge in [-0.1, -0.05) is 57.6 Å². The van der Waals surface area contributed by atoms with E-state index in [0.29, 0.717) is 12.8 Å². The summed E-state index contributed by atoms with van der Waals surface area (Å²) in [5, 5.41) is 0. The first-order valence-electron chi connectivity index (χ1n) is 8.23. The number of hydrogen-bond donors (Lipinski definition) is 0. The molecule has 4 heteroatoms. The molecule has 1 nitrogen and oxygen atoms in total. The zero-order valence-corrected chi connectivity index (χ0v) is 13.2. The van der Waals surface area contributed by atoms with Crippen LogP contribution in [-0.4, -0.2) is 12.0 Å². The Bertz CT molecular complexity index is 282. The number of carbonyl (C=O) groups excluding carboxylic acids is 1. The molecule has 0 unspecified atom stereocenters. The van der Waals surface area contributed by atoms with E-state index >= 15 is 0 Å². The maximum Gasteiger partial charge on any atom is 0.449 e. The van der Waals surface area contributed by atoms with Crippen molar-refractivity contribution in [2.45, 2.75) is 90.1 Å². The molecule has 0 fully saturated rings. The Balaban J connectivity index is 3.26. The van der Waals surface area contributed by atoms with E-state index in [1.54, 1.807) is 0 Å². The zero-order chi connectivity index (χ0) is 16.0. The summed E-state index contributed by atoms with van der Waals surface area (Å²) in [6.07, 6.45) is 10.9. The molecule has 0 aliphatic heterocycles. The monoisotopic (exact) mass is 306 g/mol. The predicted molar refractivity (Wildman–Crippen MR) is 81.3 cm³/mol. The van der Waals surface area contributed by atoms with Crippen molar-refractivity contribution < 1.29 is 18.0 Å². The van der Waals surface area contributed by atoms with Crippen LogP contribution >= 0.6 is 0 Å². The molecule has 0 amide bonds. The highest BCUT2D eigenvalue weighted by atomic mass is 19.4. The first-order chi connectivity index (χ1) is 9.98. The summed E-state index contributed by atoms with van der Waals surface area (Å²) in [6, 6.07) is 0.